The molecule has 0 unspecified atom stereocenters. The van der Waals surface area contributed by atoms with Crippen molar-refractivity contribution in [3.8, 4) is 11.5 Å². The molecule has 0 spiro atoms. The number of carboxylic acids is 1. The number of phenolic OH excluding ortho intramolecular Hbond substituents is 1. The molecule has 0 aromatic heterocycles. The topological polar surface area (TPSA) is 87.1 Å². The largest absolute Gasteiger partial charge is 0.504 e. The average Bonchev–Trinajstić information content (AvgIpc) is 2.84. The number of methoxy groups -OCH3 is 1. The first-order chi connectivity index (χ1) is 11.9. The zero-order valence-corrected chi connectivity index (χ0v) is 16.0. The van der Waals surface area contributed by atoms with Gasteiger partial charge in [-0.25, -0.2) is 4.79 Å². The Morgan fingerprint density at radius 2 is 2.24 bits per heavy atom. The lowest BCUT2D eigenvalue weighted by Gasteiger charge is -2.22. The molecule has 1 aliphatic heterocycles. The number of rotatable bonds is 7. The number of carboxylic acid groups (broad SMARTS) is 1. The molecule has 1 atom stereocenters. The molecule has 25 heavy (non-hydrogen) atoms. The molecule has 0 aliphatic carbocycles. The molecule has 1 fully saturated rings. The number of aliphatic carboxylic acids is 1. The number of hydrogen-bond acceptors (Lipinski definition) is 7. The van der Waals surface area contributed by atoms with Crippen LogP contribution >= 0.6 is 35.7 Å². The third-order valence-corrected chi connectivity index (χ3v) is 5.49. The lowest BCUT2D eigenvalue weighted by Crippen LogP contribution is -2.44. The number of phenols is 1. The second-order valence-corrected chi connectivity index (χ2v) is 7.78. The Kier molecular flexibility index (Phi) is 6.74. The summed E-state index contributed by atoms with van der Waals surface area (Å²) in [6.45, 7) is 0. The van der Waals surface area contributed by atoms with Crippen LogP contribution < -0.4 is 4.74 Å². The van der Waals surface area contributed by atoms with Crippen LogP contribution in [0.15, 0.2) is 23.1 Å². The first kappa shape index (κ1) is 19.6. The van der Waals surface area contributed by atoms with Crippen LogP contribution in [0, 0.1) is 0 Å². The van der Waals surface area contributed by atoms with Crippen molar-refractivity contribution >= 4 is 58.0 Å². The number of amides is 1. The molecule has 1 aromatic carbocycles. The van der Waals surface area contributed by atoms with Gasteiger partial charge in [-0.15, -0.1) is 0 Å². The number of thioether (sulfide) groups is 2. The number of carbonyl (C=O) groups is 2. The molecule has 2 rings (SSSR count). The summed E-state index contributed by atoms with van der Waals surface area (Å²) in [5.74, 6) is -0.598. The van der Waals surface area contributed by atoms with Crippen LogP contribution in [0.3, 0.4) is 0 Å². The number of nitrogens with zero attached hydrogens (tertiary/aromatic N) is 1. The van der Waals surface area contributed by atoms with Crippen molar-refractivity contribution in [2.75, 3.05) is 19.1 Å². The zero-order chi connectivity index (χ0) is 18.6. The predicted molar refractivity (Wildman–Crippen MR) is 104 cm³/mol. The fourth-order valence-corrected chi connectivity index (χ4v) is 4.09. The van der Waals surface area contributed by atoms with E-state index in [0.29, 0.717) is 22.6 Å². The Labute approximate surface area is 159 Å². The van der Waals surface area contributed by atoms with Gasteiger partial charge in [0, 0.05) is 0 Å². The van der Waals surface area contributed by atoms with E-state index in [0.717, 1.165) is 11.8 Å². The van der Waals surface area contributed by atoms with Crippen molar-refractivity contribution in [1.29, 1.82) is 0 Å². The minimum Gasteiger partial charge on any atom is -0.504 e. The first-order valence-electron chi connectivity index (χ1n) is 7.24. The molecule has 6 nitrogen and oxygen atoms in total. The molecular weight excluding hydrogens is 382 g/mol. The van der Waals surface area contributed by atoms with E-state index in [1.807, 2.05) is 6.26 Å². The van der Waals surface area contributed by atoms with Crippen LogP contribution in [-0.2, 0) is 9.59 Å². The van der Waals surface area contributed by atoms with Gasteiger partial charge in [-0.05, 0) is 42.2 Å². The van der Waals surface area contributed by atoms with Crippen molar-refractivity contribution < 1.29 is 24.5 Å². The number of aromatic hydroxyl groups is 1. The van der Waals surface area contributed by atoms with E-state index < -0.39 is 17.9 Å². The zero-order valence-electron chi connectivity index (χ0n) is 13.6. The lowest BCUT2D eigenvalue weighted by molar-refractivity contribution is -0.145. The Morgan fingerprint density at radius 1 is 1.52 bits per heavy atom. The molecule has 1 aromatic rings. The van der Waals surface area contributed by atoms with Gasteiger partial charge in [0.2, 0.25) is 0 Å². The Balaban J connectivity index is 2.29. The summed E-state index contributed by atoms with van der Waals surface area (Å²) in [5, 5.41) is 19.1. The van der Waals surface area contributed by atoms with E-state index in [2.05, 4.69) is 0 Å². The highest BCUT2D eigenvalue weighted by Crippen LogP contribution is 2.36. The fourth-order valence-electron chi connectivity index (χ4n) is 2.28. The van der Waals surface area contributed by atoms with Crippen LogP contribution in [0.4, 0.5) is 0 Å². The fraction of sp³-hybridized carbons (Fsp3) is 0.312. The van der Waals surface area contributed by atoms with Gasteiger partial charge in [-0.2, -0.15) is 11.8 Å². The van der Waals surface area contributed by atoms with E-state index in [-0.39, 0.29) is 15.8 Å². The number of ether oxygens (including phenoxy) is 1. The second kappa shape index (κ2) is 8.59. The number of hydrogen-bond donors (Lipinski definition) is 2. The Bertz CT molecular complexity index is 734. The van der Waals surface area contributed by atoms with Gasteiger partial charge in [-0.3, -0.25) is 9.69 Å². The number of carbonyl (C=O) groups excluding carboxylic acids is 1. The summed E-state index contributed by atoms with van der Waals surface area (Å²) in [4.78, 5) is 25.7. The van der Waals surface area contributed by atoms with Crippen molar-refractivity contribution in [2.24, 2.45) is 0 Å². The predicted octanol–water partition coefficient (Wildman–Crippen LogP) is 2.81. The maximum Gasteiger partial charge on any atom is 0.326 e. The standard InChI is InChI=1S/C16H17NO5S3/c1-22-12-7-9(3-4-11(12)18)8-13-14(19)17(16(23)25-13)10(15(20)21)5-6-24-2/h3-4,7-8,10,18H,5-6H2,1-2H3,(H,20,21)/b13-8-/t10-/m0/s1. The van der Waals surface area contributed by atoms with E-state index in [1.165, 1.54) is 29.8 Å². The number of benzene rings is 1. The van der Waals surface area contributed by atoms with Crippen molar-refractivity contribution in [2.45, 2.75) is 12.5 Å². The third kappa shape index (κ3) is 4.47. The highest BCUT2D eigenvalue weighted by atomic mass is 32.2. The van der Waals surface area contributed by atoms with Gasteiger partial charge in [0.25, 0.3) is 5.91 Å². The maximum atomic E-state index is 12.6. The SMILES string of the molecule is COc1cc(/C=C2\SC(=S)N([C@@H](CCSC)C(=O)O)C2=O)ccc1O. The van der Waals surface area contributed by atoms with Crippen LogP contribution in [0.5, 0.6) is 11.5 Å². The average molecular weight is 400 g/mol. The monoisotopic (exact) mass is 399 g/mol. The van der Waals surface area contributed by atoms with Crippen LogP contribution in [0.25, 0.3) is 6.08 Å². The Morgan fingerprint density at radius 3 is 2.84 bits per heavy atom. The number of thiocarbonyl (C=S) groups is 1. The van der Waals surface area contributed by atoms with Gasteiger partial charge in [0.05, 0.1) is 12.0 Å². The van der Waals surface area contributed by atoms with Gasteiger partial charge in [0.1, 0.15) is 10.4 Å². The third-order valence-electron chi connectivity index (χ3n) is 3.52. The molecule has 0 bridgehead atoms. The van der Waals surface area contributed by atoms with Gasteiger partial charge < -0.3 is 14.9 Å². The summed E-state index contributed by atoms with van der Waals surface area (Å²) >= 11 is 7.80. The van der Waals surface area contributed by atoms with Crippen molar-refractivity contribution in [3.05, 3.63) is 28.7 Å². The van der Waals surface area contributed by atoms with E-state index in [9.17, 15) is 19.8 Å². The van der Waals surface area contributed by atoms with Crippen LogP contribution in [0.1, 0.15) is 12.0 Å². The summed E-state index contributed by atoms with van der Waals surface area (Å²) in [7, 11) is 1.43. The van der Waals surface area contributed by atoms with Crippen LogP contribution in [-0.4, -0.2) is 56.5 Å². The molecule has 1 amide bonds. The maximum absolute atomic E-state index is 12.6. The summed E-state index contributed by atoms with van der Waals surface area (Å²) < 4.78 is 5.28. The van der Waals surface area contributed by atoms with Gasteiger partial charge in [0.15, 0.2) is 11.5 Å². The molecule has 1 saturated heterocycles. The van der Waals surface area contributed by atoms with E-state index in [4.69, 9.17) is 17.0 Å². The highest BCUT2D eigenvalue weighted by Gasteiger charge is 2.40. The van der Waals surface area contributed by atoms with E-state index in [1.54, 1.807) is 18.2 Å². The van der Waals surface area contributed by atoms with Crippen molar-refractivity contribution in [1.82, 2.24) is 4.90 Å². The molecule has 1 heterocycles. The van der Waals surface area contributed by atoms with Crippen LogP contribution in [0.2, 0.25) is 0 Å². The minimum absolute atomic E-state index is 0.00444. The van der Waals surface area contributed by atoms with Gasteiger partial charge >= 0.3 is 5.97 Å². The first-order valence-corrected chi connectivity index (χ1v) is 9.86. The normalized spacial score (nSPS) is 17.2. The highest BCUT2D eigenvalue weighted by molar-refractivity contribution is 8.26. The molecular formula is C16H17NO5S3. The molecule has 0 radical (unpaired) electrons. The lowest BCUT2D eigenvalue weighted by atomic mass is 10.1. The molecule has 134 valence electrons. The molecule has 1 aliphatic rings. The minimum atomic E-state index is -1.07. The second-order valence-electron chi connectivity index (χ2n) is 5.12. The summed E-state index contributed by atoms with van der Waals surface area (Å²) in [6, 6.07) is 3.71. The quantitative estimate of drug-likeness (QED) is 0.535. The molecule has 2 N–H and O–H groups in total. The summed E-state index contributed by atoms with van der Waals surface area (Å²) in [6.07, 6.45) is 3.80. The Hall–Kier alpha value is -1.71. The van der Waals surface area contributed by atoms with Gasteiger partial charge in [-0.1, -0.05) is 30.0 Å². The van der Waals surface area contributed by atoms with Crippen molar-refractivity contribution in [3.63, 3.8) is 0 Å². The smallest absolute Gasteiger partial charge is 0.326 e. The molecule has 0 saturated carbocycles. The molecule has 9 heteroatoms. The van der Waals surface area contributed by atoms with E-state index >= 15 is 0 Å². The summed E-state index contributed by atoms with van der Waals surface area (Å²) in [5.41, 5.74) is 0.645.